The molecule has 0 amide bonds. The topological polar surface area (TPSA) is 38.0 Å². The van der Waals surface area contributed by atoms with E-state index in [-0.39, 0.29) is 0 Å². The van der Waals surface area contributed by atoms with Crippen LogP contribution in [0.2, 0.25) is 0 Å². The standard InChI is InChI=1S/C14H24N2S/c1-12(2)10-17-11-14(16-15)9-8-13-6-4-3-5-7-13/h3-7,12,14,16H,8-11,15H2,1-2H3. The molecule has 0 bridgehead atoms. The Morgan fingerprint density at radius 2 is 1.88 bits per heavy atom. The van der Waals surface area contributed by atoms with Crippen molar-refractivity contribution in [3.8, 4) is 0 Å². The smallest absolute Gasteiger partial charge is 0.0304 e. The molecule has 0 aliphatic heterocycles. The first-order chi connectivity index (χ1) is 8.22. The van der Waals surface area contributed by atoms with Crippen LogP contribution in [-0.2, 0) is 6.42 Å². The lowest BCUT2D eigenvalue weighted by atomic mass is 10.1. The third-order valence-electron chi connectivity index (χ3n) is 2.63. The highest BCUT2D eigenvalue weighted by Gasteiger charge is 2.07. The monoisotopic (exact) mass is 252 g/mol. The second-order valence-electron chi connectivity index (χ2n) is 4.82. The van der Waals surface area contributed by atoms with Gasteiger partial charge in [-0.1, -0.05) is 44.2 Å². The summed E-state index contributed by atoms with van der Waals surface area (Å²) in [5, 5.41) is 0. The highest BCUT2D eigenvalue weighted by atomic mass is 32.2. The Balaban J connectivity index is 2.23. The Hall–Kier alpha value is -0.510. The zero-order valence-electron chi connectivity index (χ0n) is 10.9. The molecule has 96 valence electrons. The van der Waals surface area contributed by atoms with Gasteiger partial charge in [-0.25, -0.2) is 0 Å². The van der Waals surface area contributed by atoms with E-state index in [9.17, 15) is 0 Å². The Morgan fingerprint density at radius 3 is 2.47 bits per heavy atom. The molecule has 0 radical (unpaired) electrons. The van der Waals surface area contributed by atoms with Crippen LogP contribution in [-0.4, -0.2) is 17.5 Å². The van der Waals surface area contributed by atoms with Crippen molar-refractivity contribution < 1.29 is 0 Å². The third kappa shape index (κ3) is 6.71. The van der Waals surface area contributed by atoms with Gasteiger partial charge in [0.2, 0.25) is 0 Å². The predicted molar refractivity (Wildman–Crippen MR) is 78.0 cm³/mol. The van der Waals surface area contributed by atoms with E-state index >= 15 is 0 Å². The minimum absolute atomic E-state index is 0.416. The fourth-order valence-electron chi connectivity index (χ4n) is 1.65. The number of rotatable bonds is 8. The van der Waals surface area contributed by atoms with Gasteiger partial charge in [-0.05, 0) is 30.1 Å². The Morgan fingerprint density at radius 1 is 1.18 bits per heavy atom. The van der Waals surface area contributed by atoms with Crippen molar-refractivity contribution in [3.63, 3.8) is 0 Å². The number of benzene rings is 1. The summed E-state index contributed by atoms with van der Waals surface area (Å²) in [6.07, 6.45) is 2.20. The lowest BCUT2D eigenvalue weighted by Crippen LogP contribution is -2.37. The van der Waals surface area contributed by atoms with Crippen molar-refractivity contribution in [2.24, 2.45) is 11.8 Å². The van der Waals surface area contributed by atoms with E-state index in [0.717, 1.165) is 24.5 Å². The molecule has 0 saturated heterocycles. The predicted octanol–water partition coefficient (Wildman–Crippen LogP) is 2.84. The number of hydrogen-bond donors (Lipinski definition) is 2. The molecule has 0 fully saturated rings. The molecule has 1 unspecified atom stereocenters. The molecule has 1 aromatic carbocycles. The summed E-state index contributed by atoms with van der Waals surface area (Å²) >= 11 is 1.99. The lowest BCUT2D eigenvalue weighted by molar-refractivity contribution is 0.538. The van der Waals surface area contributed by atoms with Crippen molar-refractivity contribution in [2.75, 3.05) is 11.5 Å². The van der Waals surface area contributed by atoms with Crippen LogP contribution in [0, 0.1) is 5.92 Å². The highest BCUT2D eigenvalue weighted by molar-refractivity contribution is 7.99. The number of thioether (sulfide) groups is 1. The van der Waals surface area contributed by atoms with Crippen molar-refractivity contribution in [3.05, 3.63) is 35.9 Å². The van der Waals surface area contributed by atoms with Gasteiger partial charge in [-0.15, -0.1) is 0 Å². The molecule has 0 spiro atoms. The maximum atomic E-state index is 5.59. The largest absolute Gasteiger partial charge is 0.271 e. The zero-order valence-corrected chi connectivity index (χ0v) is 11.7. The minimum Gasteiger partial charge on any atom is -0.271 e. The Kier molecular flexibility index (Phi) is 7.33. The first-order valence-electron chi connectivity index (χ1n) is 6.30. The van der Waals surface area contributed by atoms with Gasteiger partial charge in [0.05, 0.1) is 0 Å². The maximum Gasteiger partial charge on any atom is 0.0304 e. The van der Waals surface area contributed by atoms with Gasteiger partial charge in [0, 0.05) is 11.8 Å². The molecule has 3 heteroatoms. The molecular weight excluding hydrogens is 228 g/mol. The normalized spacial score (nSPS) is 12.9. The first-order valence-corrected chi connectivity index (χ1v) is 7.45. The molecule has 1 rings (SSSR count). The lowest BCUT2D eigenvalue weighted by Gasteiger charge is -2.16. The summed E-state index contributed by atoms with van der Waals surface area (Å²) < 4.78 is 0. The van der Waals surface area contributed by atoms with E-state index < -0.39 is 0 Å². The number of nitrogens with two attached hydrogens (primary N) is 1. The fourth-order valence-corrected chi connectivity index (χ4v) is 2.80. The minimum atomic E-state index is 0.416. The van der Waals surface area contributed by atoms with Crippen LogP contribution >= 0.6 is 11.8 Å². The SMILES string of the molecule is CC(C)CSCC(CCc1ccccc1)NN. The van der Waals surface area contributed by atoms with Crippen molar-refractivity contribution in [2.45, 2.75) is 32.7 Å². The van der Waals surface area contributed by atoms with E-state index in [4.69, 9.17) is 5.84 Å². The second-order valence-corrected chi connectivity index (χ2v) is 5.89. The van der Waals surface area contributed by atoms with Crippen LogP contribution in [0.3, 0.4) is 0 Å². The second kappa shape index (κ2) is 8.56. The average Bonchev–Trinajstić information content (AvgIpc) is 2.34. The molecule has 2 nitrogen and oxygen atoms in total. The summed E-state index contributed by atoms with van der Waals surface area (Å²) in [7, 11) is 0. The van der Waals surface area contributed by atoms with Crippen LogP contribution in [0.25, 0.3) is 0 Å². The summed E-state index contributed by atoms with van der Waals surface area (Å²) in [6, 6.07) is 11.0. The molecule has 17 heavy (non-hydrogen) atoms. The molecule has 0 heterocycles. The van der Waals surface area contributed by atoms with Gasteiger partial charge in [-0.3, -0.25) is 11.3 Å². The zero-order chi connectivity index (χ0) is 12.5. The molecule has 1 aromatic rings. The summed E-state index contributed by atoms with van der Waals surface area (Å²) in [4.78, 5) is 0. The van der Waals surface area contributed by atoms with Crippen molar-refractivity contribution >= 4 is 11.8 Å². The van der Waals surface area contributed by atoms with Crippen molar-refractivity contribution in [1.82, 2.24) is 5.43 Å². The number of nitrogens with one attached hydrogen (secondary N) is 1. The molecular formula is C14H24N2S. The van der Waals surface area contributed by atoms with Gasteiger partial charge in [0.25, 0.3) is 0 Å². The van der Waals surface area contributed by atoms with E-state index in [1.54, 1.807) is 0 Å². The molecule has 0 aliphatic carbocycles. The molecule has 3 N–H and O–H groups in total. The molecule has 0 aromatic heterocycles. The van der Waals surface area contributed by atoms with Crippen molar-refractivity contribution in [1.29, 1.82) is 0 Å². The van der Waals surface area contributed by atoms with Gasteiger partial charge in [-0.2, -0.15) is 11.8 Å². The summed E-state index contributed by atoms with van der Waals surface area (Å²) in [6.45, 7) is 4.50. The van der Waals surface area contributed by atoms with Crippen LogP contribution in [0.5, 0.6) is 0 Å². The molecule has 1 atom stereocenters. The first kappa shape index (κ1) is 14.6. The summed E-state index contributed by atoms with van der Waals surface area (Å²) in [5.74, 6) is 8.66. The number of hydrazine groups is 1. The van der Waals surface area contributed by atoms with Crippen LogP contribution in [0.1, 0.15) is 25.8 Å². The Bertz CT molecular complexity index is 288. The molecule has 0 saturated carbocycles. The number of hydrogen-bond acceptors (Lipinski definition) is 3. The van der Waals surface area contributed by atoms with Gasteiger partial charge in [0.15, 0.2) is 0 Å². The van der Waals surface area contributed by atoms with Gasteiger partial charge in [0.1, 0.15) is 0 Å². The third-order valence-corrected chi connectivity index (χ3v) is 4.17. The van der Waals surface area contributed by atoms with E-state index in [0.29, 0.717) is 6.04 Å². The van der Waals surface area contributed by atoms with Crippen LogP contribution in [0.4, 0.5) is 0 Å². The van der Waals surface area contributed by atoms with Gasteiger partial charge < -0.3 is 0 Å². The van der Waals surface area contributed by atoms with E-state index in [1.807, 2.05) is 11.8 Å². The average molecular weight is 252 g/mol. The van der Waals surface area contributed by atoms with Crippen LogP contribution in [0.15, 0.2) is 30.3 Å². The maximum absolute atomic E-state index is 5.59. The molecule has 0 aliphatic rings. The van der Waals surface area contributed by atoms with E-state index in [1.165, 1.54) is 11.3 Å². The quantitative estimate of drug-likeness (QED) is 0.552. The Labute approximate surface area is 109 Å². The number of aryl methyl sites for hydroxylation is 1. The van der Waals surface area contributed by atoms with Crippen LogP contribution < -0.4 is 11.3 Å². The van der Waals surface area contributed by atoms with Gasteiger partial charge >= 0.3 is 0 Å². The highest BCUT2D eigenvalue weighted by Crippen LogP contribution is 2.12. The summed E-state index contributed by atoms with van der Waals surface area (Å²) in [5.41, 5.74) is 4.32. The fraction of sp³-hybridized carbons (Fsp3) is 0.571. The van der Waals surface area contributed by atoms with E-state index in [2.05, 4.69) is 49.6 Å².